The van der Waals surface area contributed by atoms with Crippen molar-refractivity contribution in [3.63, 3.8) is 0 Å². The molecule has 0 spiro atoms. The van der Waals surface area contributed by atoms with Gasteiger partial charge in [0, 0.05) is 31.3 Å². The predicted molar refractivity (Wildman–Crippen MR) is 82.0 cm³/mol. The summed E-state index contributed by atoms with van der Waals surface area (Å²) in [5.41, 5.74) is 1.97. The summed E-state index contributed by atoms with van der Waals surface area (Å²) in [6.45, 7) is 7.26. The Balaban J connectivity index is 2.26. The lowest BCUT2D eigenvalue weighted by molar-refractivity contribution is 0.0858. The molecule has 118 valence electrons. The van der Waals surface area contributed by atoms with Crippen LogP contribution in [0.5, 0.6) is 11.5 Å². The maximum absolute atomic E-state index is 10.6. The molecule has 1 heterocycles. The number of aliphatic hydroxyl groups is 1. The predicted octanol–water partition coefficient (Wildman–Crippen LogP) is 3.11. The molecule has 0 radical (unpaired) electrons. The van der Waals surface area contributed by atoms with Crippen molar-refractivity contribution in [2.75, 3.05) is 20.3 Å². The van der Waals surface area contributed by atoms with Gasteiger partial charge in [-0.1, -0.05) is 6.92 Å². The molecule has 1 N–H and O–H groups in total. The van der Waals surface area contributed by atoms with E-state index in [0.29, 0.717) is 13.2 Å². The van der Waals surface area contributed by atoms with Crippen LogP contribution in [-0.4, -0.2) is 31.5 Å². The smallest absolute Gasteiger partial charge is 0.125 e. The standard InChI is InChI=1S/C17H26O4/c1-5-20-16-9-13-8-12(3)21-15(13)10-14(16)17(18)11(2)6-7-19-4/h9-12,17-18H,5-8H2,1-4H3. The van der Waals surface area contributed by atoms with Gasteiger partial charge >= 0.3 is 0 Å². The minimum atomic E-state index is -0.577. The maximum Gasteiger partial charge on any atom is 0.125 e. The van der Waals surface area contributed by atoms with Crippen LogP contribution in [0.2, 0.25) is 0 Å². The Morgan fingerprint density at radius 3 is 2.86 bits per heavy atom. The number of ether oxygens (including phenoxy) is 3. The topological polar surface area (TPSA) is 47.9 Å². The van der Waals surface area contributed by atoms with Crippen molar-refractivity contribution in [2.45, 2.75) is 45.8 Å². The highest BCUT2D eigenvalue weighted by Crippen LogP contribution is 2.40. The lowest BCUT2D eigenvalue weighted by Gasteiger charge is -2.22. The van der Waals surface area contributed by atoms with Gasteiger partial charge in [-0.05, 0) is 38.3 Å². The molecule has 1 aromatic rings. The van der Waals surface area contributed by atoms with Crippen LogP contribution in [0, 0.1) is 5.92 Å². The van der Waals surface area contributed by atoms with E-state index in [-0.39, 0.29) is 12.0 Å². The average molecular weight is 294 g/mol. The summed E-state index contributed by atoms with van der Waals surface area (Å²) in [7, 11) is 1.68. The van der Waals surface area contributed by atoms with Crippen LogP contribution in [0.25, 0.3) is 0 Å². The summed E-state index contributed by atoms with van der Waals surface area (Å²) in [6.07, 6.45) is 1.31. The molecule has 0 amide bonds. The van der Waals surface area contributed by atoms with Crippen LogP contribution in [0.3, 0.4) is 0 Å². The molecule has 0 saturated carbocycles. The van der Waals surface area contributed by atoms with E-state index in [1.165, 1.54) is 0 Å². The zero-order valence-electron chi connectivity index (χ0n) is 13.4. The van der Waals surface area contributed by atoms with E-state index in [0.717, 1.165) is 35.5 Å². The first-order valence-corrected chi connectivity index (χ1v) is 7.70. The Morgan fingerprint density at radius 1 is 1.43 bits per heavy atom. The van der Waals surface area contributed by atoms with Gasteiger partial charge in [0.2, 0.25) is 0 Å². The maximum atomic E-state index is 10.6. The fraction of sp³-hybridized carbons (Fsp3) is 0.647. The summed E-state index contributed by atoms with van der Waals surface area (Å²) in [5, 5.41) is 10.6. The number of rotatable bonds is 7. The summed E-state index contributed by atoms with van der Waals surface area (Å²) in [4.78, 5) is 0. The molecule has 4 nitrogen and oxygen atoms in total. The number of hydrogen-bond donors (Lipinski definition) is 1. The molecule has 21 heavy (non-hydrogen) atoms. The molecule has 0 aromatic heterocycles. The lowest BCUT2D eigenvalue weighted by atomic mass is 9.93. The molecule has 2 rings (SSSR count). The fourth-order valence-corrected chi connectivity index (χ4v) is 2.73. The zero-order valence-corrected chi connectivity index (χ0v) is 13.4. The van der Waals surface area contributed by atoms with Gasteiger partial charge in [0.1, 0.15) is 17.6 Å². The van der Waals surface area contributed by atoms with Crippen LogP contribution in [-0.2, 0) is 11.2 Å². The second-order valence-corrected chi connectivity index (χ2v) is 5.77. The summed E-state index contributed by atoms with van der Waals surface area (Å²) in [6, 6.07) is 3.96. The van der Waals surface area contributed by atoms with Gasteiger partial charge in [-0.2, -0.15) is 0 Å². The van der Waals surface area contributed by atoms with Crippen LogP contribution in [0.15, 0.2) is 12.1 Å². The van der Waals surface area contributed by atoms with Crippen molar-refractivity contribution in [3.05, 3.63) is 23.3 Å². The van der Waals surface area contributed by atoms with Gasteiger partial charge in [0.05, 0.1) is 12.7 Å². The molecule has 4 heteroatoms. The Morgan fingerprint density at radius 2 is 2.19 bits per heavy atom. The van der Waals surface area contributed by atoms with Crippen molar-refractivity contribution >= 4 is 0 Å². The SMILES string of the molecule is CCOc1cc2c(cc1C(O)C(C)CCOC)OC(C)C2. The van der Waals surface area contributed by atoms with E-state index >= 15 is 0 Å². The largest absolute Gasteiger partial charge is 0.493 e. The number of methoxy groups -OCH3 is 1. The van der Waals surface area contributed by atoms with Crippen molar-refractivity contribution in [3.8, 4) is 11.5 Å². The van der Waals surface area contributed by atoms with E-state index in [9.17, 15) is 5.11 Å². The van der Waals surface area contributed by atoms with Crippen molar-refractivity contribution in [1.29, 1.82) is 0 Å². The van der Waals surface area contributed by atoms with Crippen LogP contribution in [0.4, 0.5) is 0 Å². The first kappa shape index (κ1) is 16.1. The Kier molecular flexibility index (Phi) is 5.48. The monoisotopic (exact) mass is 294 g/mol. The molecule has 0 bridgehead atoms. The molecule has 0 aliphatic carbocycles. The van der Waals surface area contributed by atoms with E-state index in [2.05, 4.69) is 6.92 Å². The summed E-state index contributed by atoms with van der Waals surface area (Å²) >= 11 is 0. The van der Waals surface area contributed by atoms with Crippen molar-refractivity contribution in [2.24, 2.45) is 5.92 Å². The highest BCUT2D eigenvalue weighted by molar-refractivity contribution is 5.49. The third-order valence-corrected chi connectivity index (χ3v) is 3.96. The Bertz CT molecular complexity index is 472. The third-order valence-electron chi connectivity index (χ3n) is 3.96. The minimum absolute atomic E-state index is 0.0982. The van der Waals surface area contributed by atoms with Crippen LogP contribution < -0.4 is 9.47 Å². The Labute approximate surface area is 127 Å². The second-order valence-electron chi connectivity index (χ2n) is 5.77. The molecule has 1 aliphatic heterocycles. The molecular formula is C17H26O4. The molecular weight excluding hydrogens is 268 g/mol. The average Bonchev–Trinajstić information content (AvgIpc) is 2.82. The van der Waals surface area contributed by atoms with Gasteiger partial charge < -0.3 is 19.3 Å². The van der Waals surface area contributed by atoms with Gasteiger partial charge in [0.25, 0.3) is 0 Å². The molecule has 3 atom stereocenters. The van der Waals surface area contributed by atoms with Crippen LogP contribution in [0.1, 0.15) is 44.4 Å². The van der Waals surface area contributed by atoms with E-state index < -0.39 is 6.10 Å². The zero-order chi connectivity index (χ0) is 15.4. The van der Waals surface area contributed by atoms with Crippen LogP contribution >= 0.6 is 0 Å². The van der Waals surface area contributed by atoms with Gasteiger partial charge in [-0.25, -0.2) is 0 Å². The first-order chi connectivity index (χ1) is 10.1. The van der Waals surface area contributed by atoms with Crippen molar-refractivity contribution in [1.82, 2.24) is 0 Å². The molecule has 1 aliphatic rings. The number of aliphatic hydroxyl groups excluding tert-OH is 1. The van der Waals surface area contributed by atoms with E-state index in [1.54, 1.807) is 7.11 Å². The lowest BCUT2D eigenvalue weighted by Crippen LogP contribution is -2.13. The molecule has 3 unspecified atom stereocenters. The summed E-state index contributed by atoms with van der Waals surface area (Å²) in [5.74, 6) is 1.74. The van der Waals surface area contributed by atoms with E-state index in [1.807, 2.05) is 26.0 Å². The Hall–Kier alpha value is -1.26. The fourth-order valence-electron chi connectivity index (χ4n) is 2.73. The van der Waals surface area contributed by atoms with Gasteiger partial charge in [0.15, 0.2) is 0 Å². The number of fused-ring (bicyclic) bond motifs is 1. The highest BCUT2D eigenvalue weighted by atomic mass is 16.5. The third kappa shape index (κ3) is 3.69. The van der Waals surface area contributed by atoms with E-state index in [4.69, 9.17) is 14.2 Å². The van der Waals surface area contributed by atoms with Crippen molar-refractivity contribution < 1.29 is 19.3 Å². The normalized spacial score (nSPS) is 19.8. The second kappa shape index (κ2) is 7.14. The molecule has 0 fully saturated rings. The quantitative estimate of drug-likeness (QED) is 0.839. The highest BCUT2D eigenvalue weighted by Gasteiger charge is 2.26. The van der Waals surface area contributed by atoms with Gasteiger partial charge in [-0.3, -0.25) is 0 Å². The number of benzene rings is 1. The molecule has 1 aromatic carbocycles. The first-order valence-electron chi connectivity index (χ1n) is 7.70. The van der Waals surface area contributed by atoms with Gasteiger partial charge in [-0.15, -0.1) is 0 Å². The summed E-state index contributed by atoms with van der Waals surface area (Å²) < 4.78 is 16.6. The number of hydrogen-bond acceptors (Lipinski definition) is 4. The minimum Gasteiger partial charge on any atom is -0.493 e. The molecule has 0 saturated heterocycles.